The summed E-state index contributed by atoms with van der Waals surface area (Å²) in [7, 11) is 0. The molecule has 30 heavy (non-hydrogen) atoms. The topological polar surface area (TPSA) is 62.7 Å². The van der Waals surface area contributed by atoms with Crippen LogP contribution < -0.4 is 4.74 Å². The molecule has 5 nitrogen and oxygen atoms in total. The third-order valence-electron chi connectivity index (χ3n) is 4.93. The maximum Gasteiger partial charge on any atom is 0.223 e. The van der Waals surface area contributed by atoms with Gasteiger partial charge in [-0.2, -0.15) is 0 Å². The monoisotopic (exact) mass is 452 g/mol. The Kier molecular flexibility index (Phi) is 8.71. The number of ether oxygens (including phenoxy) is 1. The number of hydrogen-bond donors (Lipinski definition) is 1. The maximum absolute atomic E-state index is 13.1. The molecule has 2 rings (SSSR count). The van der Waals surface area contributed by atoms with Gasteiger partial charge >= 0.3 is 0 Å². The van der Waals surface area contributed by atoms with Crippen molar-refractivity contribution in [2.24, 2.45) is 11.3 Å². The van der Waals surface area contributed by atoms with Crippen molar-refractivity contribution in [3.63, 3.8) is 0 Å². The van der Waals surface area contributed by atoms with Gasteiger partial charge in [0.15, 0.2) is 0 Å². The van der Waals surface area contributed by atoms with Gasteiger partial charge in [0.2, 0.25) is 5.91 Å². The zero-order valence-corrected chi connectivity index (χ0v) is 20.3. The number of aliphatic hydroxyl groups excluding tert-OH is 1. The highest BCUT2D eigenvalue weighted by Crippen LogP contribution is 2.29. The van der Waals surface area contributed by atoms with Crippen LogP contribution in [0.1, 0.15) is 64.2 Å². The van der Waals surface area contributed by atoms with Gasteiger partial charge in [-0.15, -0.1) is 11.3 Å². The van der Waals surface area contributed by atoms with Crippen LogP contribution in [-0.4, -0.2) is 26.9 Å². The van der Waals surface area contributed by atoms with Gasteiger partial charge in [0.05, 0.1) is 12.3 Å². The molecular formula is C23H33ClN2O3S. The molecule has 0 saturated heterocycles. The van der Waals surface area contributed by atoms with E-state index in [9.17, 15) is 9.90 Å². The summed E-state index contributed by atoms with van der Waals surface area (Å²) >= 11 is 7.72. The number of aliphatic hydroxyl groups is 1. The molecule has 1 heterocycles. The van der Waals surface area contributed by atoms with E-state index in [4.69, 9.17) is 16.3 Å². The van der Waals surface area contributed by atoms with Crippen LogP contribution in [0.3, 0.4) is 0 Å². The minimum Gasteiger partial charge on any atom is -0.486 e. The molecule has 0 radical (unpaired) electrons. The second-order valence-corrected chi connectivity index (χ2v) is 10.6. The standard InChI is InChI=1S/C23H33ClN2O3S/c1-15(2)16(3)26(22(28)10-23(4,5)6)11-17-9-18(24)7-8-20(17)29-13-21-25-19(12-27)14-30-21/h7-9,14-16,27H,10-13H2,1-6H3. The first kappa shape index (κ1) is 24.6. The van der Waals surface area contributed by atoms with Gasteiger partial charge in [-0.25, -0.2) is 4.98 Å². The summed E-state index contributed by atoms with van der Waals surface area (Å²) in [6.07, 6.45) is 0.476. The van der Waals surface area contributed by atoms with Crippen molar-refractivity contribution >= 4 is 28.8 Å². The van der Waals surface area contributed by atoms with E-state index < -0.39 is 0 Å². The largest absolute Gasteiger partial charge is 0.486 e. The summed E-state index contributed by atoms with van der Waals surface area (Å²) < 4.78 is 6.03. The molecule has 1 aromatic carbocycles. The average Bonchev–Trinajstić information content (AvgIpc) is 3.11. The maximum atomic E-state index is 13.1. The third kappa shape index (κ3) is 7.25. The van der Waals surface area contributed by atoms with Crippen molar-refractivity contribution in [2.75, 3.05) is 0 Å². The number of rotatable bonds is 9. The SMILES string of the molecule is CC(C)C(C)N(Cc1cc(Cl)ccc1OCc1nc(CO)cs1)C(=O)CC(C)(C)C. The Balaban J connectivity index is 2.25. The summed E-state index contributed by atoms with van der Waals surface area (Å²) in [6.45, 7) is 13.2. The molecule has 0 spiro atoms. The zero-order chi connectivity index (χ0) is 22.5. The van der Waals surface area contributed by atoms with Gasteiger partial charge in [-0.05, 0) is 36.5 Å². The van der Waals surface area contributed by atoms with E-state index in [1.807, 2.05) is 22.4 Å². The highest BCUT2D eigenvalue weighted by atomic mass is 35.5. The molecule has 2 aromatic rings. The molecule has 7 heteroatoms. The number of hydrogen-bond acceptors (Lipinski definition) is 5. The fraction of sp³-hybridized carbons (Fsp3) is 0.565. The Labute approximate surface area is 189 Å². The number of carbonyl (C=O) groups excluding carboxylic acids is 1. The first-order chi connectivity index (χ1) is 14.0. The second-order valence-electron chi connectivity index (χ2n) is 9.18. The van der Waals surface area contributed by atoms with Crippen LogP contribution in [-0.2, 0) is 24.6 Å². The third-order valence-corrected chi connectivity index (χ3v) is 6.04. The molecule has 1 aromatic heterocycles. The van der Waals surface area contributed by atoms with E-state index in [1.165, 1.54) is 11.3 Å². The van der Waals surface area contributed by atoms with Crippen molar-refractivity contribution in [1.29, 1.82) is 0 Å². The minimum absolute atomic E-state index is 0.0813. The highest BCUT2D eigenvalue weighted by Gasteiger charge is 2.27. The van der Waals surface area contributed by atoms with E-state index >= 15 is 0 Å². The number of thiazole rings is 1. The van der Waals surface area contributed by atoms with Gasteiger partial charge in [-0.3, -0.25) is 4.79 Å². The van der Waals surface area contributed by atoms with E-state index in [2.05, 4.69) is 46.5 Å². The fourth-order valence-electron chi connectivity index (χ4n) is 3.00. The van der Waals surface area contributed by atoms with E-state index in [-0.39, 0.29) is 24.0 Å². The molecule has 0 aliphatic rings. The predicted molar refractivity (Wildman–Crippen MR) is 123 cm³/mol. The first-order valence-corrected chi connectivity index (χ1v) is 11.5. The summed E-state index contributed by atoms with van der Waals surface area (Å²) in [5, 5.41) is 12.4. The molecule has 0 aliphatic heterocycles. The van der Waals surface area contributed by atoms with E-state index in [1.54, 1.807) is 6.07 Å². The van der Waals surface area contributed by atoms with Crippen molar-refractivity contribution < 1.29 is 14.6 Å². The number of aromatic nitrogens is 1. The van der Waals surface area contributed by atoms with Crippen LogP contribution >= 0.6 is 22.9 Å². The lowest BCUT2D eigenvalue weighted by Gasteiger charge is -2.34. The van der Waals surface area contributed by atoms with Crippen LogP contribution in [0.25, 0.3) is 0 Å². The highest BCUT2D eigenvalue weighted by molar-refractivity contribution is 7.09. The minimum atomic E-state index is -0.0883. The number of halogens is 1. The Morgan fingerprint density at radius 2 is 2.00 bits per heavy atom. The van der Waals surface area contributed by atoms with Crippen molar-refractivity contribution in [3.05, 3.63) is 44.9 Å². The quantitative estimate of drug-likeness (QED) is 0.531. The number of benzene rings is 1. The smallest absolute Gasteiger partial charge is 0.223 e. The molecule has 1 unspecified atom stereocenters. The molecule has 166 valence electrons. The molecule has 0 saturated carbocycles. The summed E-state index contributed by atoms with van der Waals surface area (Å²) in [5.74, 6) is 1.14. The fourth-order valence-corrected chi connectivity index (χ4v) is 3.89. The average molecular weight is 453 g/mol. The molecule has 1 N–H and O–H groups in total. The Bertz CT molecular complexity index is 845. The normalized spacial score (nSPS) is 12.8. The first-order valence-electron chi connectivity index (χ1n) is 10.2. The lowest BCUT2D eigenvalue weighted by atomic mass is 9.90. The van der Waals surface area contributed by atoms with Gasteiger partial charge < -0.3 is 14.7 Å². The van der Waals surface area contributed by atoms with Crippen molar-refractivity contribution in [3.8, 4) is 5.75 Å². The Morgan fingerprint density at radius 3 is 2.57 bits per heavy atom. The van der Waals surface area contributed by atoms with Crippen LogP contribution in [0.5, 0.6) is 5.75 Å². The Hall–Kier alpha value is -1.63. The van der Waals surface area contributed by atoms with Crippen molar-refractivity contribution in [1.82, 2.24) is 9.88 Å². The summed E-state index contributed by atoms with van der Waals surface area (Å²) in [6, 6.07) is 5.57. The van der Waals surface area contributed by atoms with Crippen LogP contribution in [0, 0.1) is 11.3 Å². The van der Waals surface area contributed by atoms with Gasteiger partial charge in [0.25, 0.3) is 0 Å². The Morgan fingerprint density at radius 1 is 1.30 bits per heavy atom. The number of nitrogens with zero attached hydrogens (tertiary/aromatic N) is 2. The predicted octanol–water partition coefficient (Wildman–Crippen LogP) is 5.68. The molecule has 0 fully saturated rings. The van der Waals surface area contributed by atoms with E-state index in [0.717, 1.165) is 10.6 Å². The summed E-state index contributed by atoms with van der Waals surface area (Å²) in [4.78, 5) is 19.4. The van der Waals surface area contributed by atoms with Crippen LogP contribution in [0.15, 0.2) is 23.6 Å². The summed E-state index contributed by atoms with van der Waals surface area (Å²) in [5.41, 5.74) is 1.42. The molecular weight excluding hydrogens is 420 g/mol. The number of amides is 1. The molecule has 1 atom stereocenters. The second kappa shape index (κ2) is 10.6. The lowest BCUT2D eigenvalue weighted by molar-refractivity contribution is -0.136. The van der Waals surface area contributed by atoms with Crippen LogP contribution in [0.4, 0.5) is 0 Å². The van der Waals surface area contributed by atoms with Gasteiger partial charge in [-0.1, -0.05) is 46.2 Å². The molecule has 1 amide bonds. The lowest BCUT2D eigenvalue weighted by Crippen LogP contribution is -2.42. The molecule has 0 bridgehead atoms. The van der Waals surface area contributed by atoms with Gasteiger partial charge in [0, 0.05) is 35.0 Å². The zero-order valence-electron chi connectivity index (χ0n) is 18.7. The molecule has 0 aliphatic carbocycles. The van der Waals surface area contributed by atoms with Crippen LogP contribution in [0.2, 0.25) is 5.02 Å². The van der Waals surface area contributed by atoms with Crippen molar-refractivity contribution in [2.45, 2.75) is 73.8 Å². The van der Waals surface area contributed by atoms with E-state index in [0.29, 0.717) is 42.0 Å². The van der Waals surface area contributed by atoms with Gasteiger partial charge in [0.1, 0.15) is 17.4 Å². The number of carbonyl (C=O) groups is 1.